The number of rotatable bonds is 4. The van der Waals surface area contributed by atoms with Crippen LogP contribution in [-0.4, -0.2) is 29.8 Å². The van der Waals surface area contributed by atoms with Crippen LogP contribution < -0.4 is 11.3 Å². The Morgan fingerprint density at radius 2 is 2.43 bits per heavy atom. The molecule has 3 N–H and O–H groups in total. The Labute approximate surface area is 83.6 Å². The average molecular weight is 199 g/mol. The van der Waals surface area contributed by atoms with Gasteiger partial charge >= 0.3 is 0 Å². The predicted molar refractivity (Wildman–Crippen MR) is 51.9 cm³/mol. The van der Waals surface area contributed by atoms with Crippen molar-refractivity contribution in [3.05, 3.63) is 0 Å². The van der Waals surface area contributed by atoms with E-state index in [4.69, 9.17) is 5.84 Å². The molecular weight excluding hydrogens is 182 g/mol. The summed E-state index contributed by atoms with van der Waals surface area (Å²) in [6, 6.07) is 0. The van der Waals surface area contributed by atoms with E-state index in [9.17, 15) is 9.59 Å². The van der Waals surface area contributed by atoms with Crippen molar-refractivity contribution in [1.29, 1.82) is 0 Å². The molecule has 1 heterocycles. The van der Waals surface area contributed by atoms with Crippen LogP contribution in [-0.2, 0) is 9.59 Å². The van der Waals surface area contributed by atoms with E-state index in [2.05, 4.69) is 12.3 Å². The lowest BCUT2D eigenvalue weighted by Gasteiger charge is -2.15. The molecule has 1 saturated heterocycles. The van der Waals surface area contributed by atoms with E-state index in [1.165, 1.54) is 0 Å². The molecule has 0 saturated carbocycles. The van der Waals surface area contributed by atoms with Gasteiger partial charge in [-0.15, -0.1) is 0 Å². The Kier molecular flexibility index (Phi) is 3.88. The van der Waals surface area contributed by atoms with Crippen LogP contribution in [0.5, 0.6) is 0 Å². The third-order valence-electron chi connectivity index (χ3n) is 2.51. The smallest absolute Gasteiger partial charge is 0.239 e. The molecule has 1 aliphatic heterocycles. The first-order valence-corrected chi connectivity index (χ1v) is 4.97. The average Bonchev–Trinajstić information content (AvgIpc) is 2.56. The highest BCUT2D eigenvalue weighted by Crippen LogP contribution is 2.17. The molecule has 1 atom stereocenters. The van der Waals surface area contributed by atoms with Gasteiger partial charge in [0, 0.05) is 19.5 Å². The normalized spacial score (nSPS) is 21.4. The second kappa shape index (κ2) is 4.95. The van der Waals surface area contributed by atoms with Crippen molar-refractivity contribution >= 4 is 11.8 Å². The Bertz CT molecular complexity index is 230. The van der Waals surface area contributed by atoms with Gasteiger partial charge < -0.3 is 4.90 Å². The monoisotopic (exact) mass is 199 g/mol. The lowest BCUT2D eigenvalue weighted by molar-refractivity contribution is -0.129. The molecule has 0 bridgehead atoms. The molecular formula is C9H17N3O2. The SMILES string of the molecule is CCCCN1C[C@@H](C(=O)NN)CC1=O. The fourth-order valence-electron chi connectivity index (χ4n) is 1.63. The molecule has 1 fully saturated rings. The van der Waals surface area contributed by atoms with E-state index in [-0.39, 0.29) is 17.7 Å². The number of likely N-dealkylation sites (tertiary alicyclic amines) is 1. The molecule has 80 valence electrons. The summed E-state index contributed by atoms with van der Waals surface area (Å²) in [5.41, 5.74) is 2.09. The first kappa shape index (κ1) is 11.0. The van der Waals surface area contributed by atoms with Crippen molar-refractivity contribution in [3.63, 3.8) is 0 Å². The molecule has 14 heavy (non-hydrogen) atoms. The van der Waals surface area contributed by atoms with E-state index < -0.39 is 0 Å². The van der Waals surface area contributed by atoms with Crippen molar-refractivity contribution in [3.8, 4) is 0 Å². The summed E-state index contributed by atoms with van der Waals surface area (Å²) in [5, 5.41) is 0. The number of carbonyl (C=O) groups excluding carboxylic acids is 2. The van der Waals surface area contributed by atoms with Crippen LogP contribution in [0.3, 0.4) is 0 Å². The first-order chi connectivity index (χ1) is 6.69. The summed E-state index contributed by atoms with van der Waals surface area (Å²) in [7, 11) is 0. The maximum absolute atomic E-state index is 11.4. The Hall–Kier alpha value is -1.10. The molecule has 2 amide bonds. The highest BCUT2D eigenvalue weighted by atomic mass is 16.2. The van der Waals surface area contributed by atoms with Gasteiger partial charge in [-0.25, -0.2) is 5.84 Å². The van der Waals surface area contributed by atoms with E-state index >= 15 is 0 Å². The lowest BCUT2D eigenvalue weighted by atomic mass is 10.1. The zero-order valence-electron chi connectivity index (χ0n) is 8.45. The third kappa shape index (κ3) is 2.45. The van der Waals surface area contributed by atoms with Gasteiger partial charge in [0.15, 0.2) is 0 Å². The molecule has 0 aromatic rings. The van der Waals surface area contributed by atoms with Gasteiger partial charge in [-0.2, -0.15) is 0 Å². The fourth-order valence-corrected chi connectivity index (χ4v) is 1.63. The number of nitrogens with two attached hydrogens (primary N) is 1. The molecule has 5 nitrogen and oxygen atoms in total. The Balaban J connectivity index is 2.43. The predicted octanol–water partition coefficient (Wildman–Crippen LogP) is -0.375. The van der Waals surface area contributed by atoms with E-state index in [0.29, 0.717) is 13.0 Å². The fraction of sp³-hybridized carbons (Fsp3) is 0.778. The molecule has 0 aliphatic carbocycles. The summed E-state index contributed by atoms with van der Waals surface area (Å²) >= 11 is 0. The number of amides is 2. The number of carbonyl (C=O) groups is 2. The van der Waals surface area contributed by atoms with Crippen LogP contribution in [0.4, 0.5) is 0 Å². The topological polar surface area (TPSA) is 75.4 Å². The zero-order valence-corrected chi connectivity index (χ0v) is 8.45. The Morgan fingerprint density at radius 3 is 3.00 bits per heavy atom. The maximum Gasteiger partial charge on any atom is 0.239 e. The van der Waals surface area contributed by atoms with E-state index in [0.717, 1.165) is 19.4 Å². The quantitative estimate of drug-likeness (QED) is 0.368. The largest absolute Gasteiger partial charge is 0.342 e. The number of hydrogen-bond donors (Lipinski definition) is 2. The Morgan fingerprint density at radius 1 is 1.71 bits per heavy atom. The van der Waals surface area contributed by atoms with Crippen molar-refractivity contribution in [2.75, 3.05) is 13.1 Å². The molecule has 1 rings (SSSR count). The van der Waals surface area contributed by atoms with E-state index in [1.54, 1.807) is 4.90 Å². The van der Waals surface area contributed by atoms with Gasteiger partial charge in [0.25, 0.3) is 0 Å². The van der Waals surface area contributed by atoms with Gasteiger partial charge in [0.1, 0.15) is 0 Å². The van der Waals surface area contributed by atoms with Gasteiger partial charge in [-0.3, -0.25) is 15.0 Å². The standard InChI is InChI=1S/C9H17N3O2/c1-2-3-4-12-6-7(5-8(12)13)9(14)11-10/h7H,2-6,10H2,1H3,(H,11,14)/t7-/m0/s1. The van der Waals surface area contributed by atoms with Crippen molar-refractivity contribution in [1.82, 2.24) is 10.3 Å². The van der Waals surface area contributed by atoms with Crippen LogP contribution >= 0.6 is 0 Å². The summed E-state index contributed by atoms with van der Waals surface area (Å²) in [4.78, 5) is 24.3. The number of hydrogen-bond acceptors (Lipinski definition) is 3. The van der Waals surface area contributed by atoms with Gasteiger partial charge in [0.05, 0.1) is 5.92 Å². The zero-order chi connectivity index (χ0) is 10.6. The second-order valence-electron chi connectivity index (χ2n) is 3.60. The number of unbranched alkanes of at least 4 members (excludes halogenated alkanes) is 1. The first-order valence-electron chi connectivity index (χ1n) is 4.97. The minimum atomic E-state index is -0.260. The van der Waals surface area contributed by atoms with Crippen LogP contribution in [0.1, 0.15) is 26.2 Å². The van der Waals surface area contributed by atoms with Crippen molar-refractivity contribution in [2.45, 2.75) is 26.2 Å². The number of hydrazine groups is 1. The summed E-state index contributed by atoms with van der Waals surface area (Å²) in [5.74, 6) is 4.58. The molecule has 5 heteroatoms. The molecule has 0 radical (unpaired) electrons. The maximum atomic E-state index is 11.4. The summed E-state index contributed by atoms with van der Waals surface area (Å²) in [6.45, 7) is 3.34. The van der Waals surface area contributed by atoms with Gasteiger partial charge in [0.2, 0.25) is 11.8 Å². The molecule has 1 aliphatic rings. The summed E-state index contributed by atoms with van der Waals surface area (Å²) in [6.07, 6.45) is 2.34. The molecule has 0 aromatic carbocycles. The highest BCUT2D eigenvalue weighted by molar-refractivity contribution is 5.88. The van der Waals surface area contributed by atoms with Crippen LogP contribution in [0, 0.1) is 5.92 Å². The number of nitrogens with zero attached hydrogens (tertiary/aromatic N) is 1. The van der Waals surface area contributed by atoms with Gasteiger partial charge in [-0.05, 0) is 6.42 Å². The second-order valence-corrected chi connectivity index (χ2v) is 3.60. The summed E-state index contributed by atoms with van der Waals surface area (Å²) < 4.78 is 0. The van der Waals surface area contributed by atoms with Crippen molar-refractivity contribution in [2.24, 2.45) is 11.8 Å². The molecule has 0 aromatic heterocycles. The minimum Gasteiger partial charge on any atom is -0.342 e. The minimum absolute atomic E-state index is 0.0621. The highest BCUT2D eigenvalue weighted by Gasteiger charge is 2.33. The number of nitrogens with one attached hydrogen (secondary N) is 1. The lowest BCUT2D eigenvalue weighted by Crippen LogP contribution is -2.37. The van der Waals surface area contributed by atoms with Crippen molar-refractivity contribution < 1.29 is 9.59 Å². The van der Waals surface area contributed by atoms with Crippen LogP contribution in [0.25, 0.3) is 0 Å². The van der Waals surface area contributed by atoms with E-state index in [1.807, 2.05) is 0 Å². The molecule has 0 spiro atoms. The van der Waals surface area contributed by atoms with Crippen LogP contribution in [0.15, 0.2) is 0 Å². The third-order valence-corrected chi connectivity index (χ3v) is 2.51. The molecule has 0 unspecified atom stereocenters. The van der Waals surface area contributed by atoms with Crippen LogP contribution in [0.2, 0.25) is 0 Å². The van der Waals surface area contributed by atoms with Gasteiger partial charge in [-0.1, -0.05) is 13.3 Å².